The van der Waals surface area contributed by atoms with E-state index in [1.807, 2.05) is 37.3 Å². The Hall–Kier alpha value is -2.18. The molecule has 0 bridgehead atoms. The molecule has 1 aromatic carbocycles. The predicted molar refractivity (Wildman–Crippen MR) is 82.6 cm³/mol. The van der Waals surface area contributed by atoms with Crippen molar-refractivity contribution < 1.29 is 14.3 Å². The smallest absolute Gasteiger partial charge is 0.257 e. The van der Waals surface area contributed by atoms with E-state index in [2.05, 4.69) is 10.4 Å². The fourth-order valence-electron chi connectivity index (χ4n) is 2.42. The summed E-state index contributed by atoms with van der Waals surface area (Å²) in [5.41, 5.74) is 3.02. The summed E-state index contributed by atoms with van der Waals surface area (Å²) in [6, 6.07) is 9.88. The van der Waals surface area contributed by atoms with E-state index in [1.54, 1.807) is 11.7 Å². The van der Waals surface area contributed by atoms with Crippen molar-refractivity contribution in [3.8, 4) is 11.3 Å². The minimum Gasteiger partial charge on any atom is -0.376 e. The highest BCUT2D eigenvalue weighted by Gasteiger charge is 2.23. The molecule has 116 valence electrons. The SMILES string of the molecule is Cc1ccccc1-c1cc(NC(=O)[C@H]2COCCO2)n(C)n1. The Morgan fingerprint density at radius 3 is 2.91 bits per heavy atom. The van der Waals surface area contributed by atoms with E-state index >= 15 is 0 Å². The fraction of sp³-hybridized carbons (Fsp3) is 0.375. The van der Waals surface area contributed by atoms with Crippen molar-refractivity contribution in [1.82, 2.24) is 9.78 Å². The number of benzene rings is 1. The van der Waals surface area contributed by atoms with Crippen molar-refractivity contribution in [3.05, 3.63) is 35.9 Å². The van der Waals surface area contributed by atoms with Crippen molar-refractivity contribution >= 4 is 11.7 Å². The zero-order chi connectivity index (χ0) is 15.5. The molecular formula is C16H19N3O3. The third-order valence-corrected chi connectivity index (χ3v) is 3.66. The normalized spacial score (nSPS) is 18.2. The maximum absolute atomic E-state index is 12.2. The van der Waals surface area contributed by atoms with E-state index in [1.165, 1.54) is 0 Å². The summed E-state index contributed by atoms with van der Waals surface area (Å²) in [4.78, 5) is 12.2. The number of ether oxygens (including phenoxy) is 2. The third-order valence-electron chi connectivity index (χ3n) is 3.66. The lowest BCUT2D eigenvalue weighted by Gasteiger charge is -2.21. The van der Waals surface area contributed by atoms with Gasteiger partial charge >= 0.3 is 0 Å². The molecule has 0 saturated carbocycles. The monoisotopic (exact) mass is 301 g/mol. The number of aryl methyl sites for hydroxylation is 2. The Labute approximate surface area is 129 Å². The second kappa shape index (κ2) is 6.29. The van der Waals surface area contributed by atoms with Crippen LogP contribution in [0.1, 0.15) is 5.56 Å². The molecule has 2 heterocycles. The van der Waals surface area contributed by atoms with Gasteiger partial charge in [0, 0.05) is 18.7 Å². The zero-order valence-corrected chi connectivity index (χ0v) is 12.7. The van der Waals surface area contributed by atoms with Crippen LogP contribution in [0.15, 0.2) is 30.3 Å². The molecule has 2 aromatic rings. The molecule has 6 nitrogen and oxygen atoms in total. The molecule has 3 rings (SSSR count). The van der Waals surface area contributed by atoms with Crippen molar-refractivity contribution in [1.29, 1.82) is 0 Å². The second-order valence-corrected chi connectivity index (χ2v) is 5.28. The van der Waals surface area contributed by atoms with E-state index in [-0.39, 0.29) is 12.5 Å². The highest BCUT2D eigenvalue weighted by atomic mass is 16.6. The second-order valence-electron chi connectivity index (χ2n) is 5.28. The third kappa shape index (κ3) is 3.03. The zero-order valence-electron chi connectivity index (χ0n) is 12.7. The van der Waals surface area contributed by atoms with E-state index in [0.29, 0.717) is 19.0 Å². The summed E-state index contributed by atoms with van der Waals surface area (Å²) in [6.45, 7) is 3.30. The molecule has 1 aliphatic rings. The molecule has 1 atom stereocenters. The molecule has 1 aromatic heterocycles. The molecule has 6 heteroatoms. The molecular weight excluding hydrogens is 282 g/mol. The van der Waals surface area contributed by atoms with Gasteiger partial charge < -0.3 is 14.8 Å². The van der Waals surface area contributed by atoms with Gasteiger partial charge in [0.2, 0.25) is 0 Å². The van der Waals surface area contributed by atoms with Crippen LogP contribution in [0.3, 0.4) is 0 Å². The molecule has 0 aliphatic carbocycles. The van der Waals surface area contributed by atoms with Crippen molar-refractivity contribution in [2.24, 2.45) is 7.05 Å². The lowest BCUT2D eigenvalue weighted by atomic mass is 10.1. The Kier molecular flexibility index (Phi) is 4.22. The summed E-state index contributed by atoms with van der Waals surface area (Å²) < 4.78 is 12.3. The summed E-state index contributed by atoms with van der Waals surface area (Å²) >= 11 is 0. The van der Waals surface area contributed by atoms with Crippen LogP contribution in [0, 0.1) is 6.92 Å². The molecule has 1 N–H and O–H groups in total. The maximum atomic E-state index is 12.2. The first kappa shape index (κ1) is 14.7. The number of carbonyl (C=O) groups is 1. The number of carbonyl (C=O) groups excluding carboxylic acids is 1. The highest BCUT2D eigenvalue weighted by molar-refractivity contribution is 5.94. The number of nitrogens with zero attached hydrogens (tertiary/aromatic N) is 2. The lowest BCUT2D eigenvalue weighted by molar-refractivity contribution is -0.142. The van der Waals surface area contributed by atoms with Gasteiger partial charge in [0.05, 0.1) is 25.5 Å². The van der Waals surface area contributed by atoms with Gasteiger partial charge in [-0.1, -0.05) is 24.3 Å². The van der Waals surface area contributed by atoms with E-state index in [0.717, 1.165) is 16.8 Å². The number of hydrogen-bond donors (Lipinski definition) is 1. The van der Waals surface area contributed by atoms with Gasteiger partial charge in [0.15, 0.2) is 6.10 Å². The van der Waals surface area contributed by atoms with Crippen LogP contribution in [0.5, 0.6) is 0 Å². The van der Waals surface area contributed by atoms with E-state index in [9.17, 15) is 4.79 Å². The first-order valence-electron chi connectivity index (χ1n) is 7.25. The standard InChI is InChI=1S/C16H19N3O3/c1-11-5-3-4-6-12(11)13-9-15(19(2)18-13)17-16(20)14-10-21-7-8-22-14/h3-6,9,14H,7-8,10H2,1-2H3,(H,17,20)/t14-/m1/s1. The summed E-state index contributed by atoms with van der Waals surface area (Å²) in [7, 11) is 1.80. The Bertz CT molecular complexity index is 675. The number of hydrogen-bond acceptors (Lipinski definition) is 4. The Morgan fingerprint density at radius 2 is 2.18 bits per heavy atom. The van der Waals surface area contributed by atoms with Crippen LogP contribution in [0.25, 0.3) is 11.3 Å². The van der Waals surface area contributed by atoms with Crippen LogP contribution in [-0.2, 0) is 21.3 Å². The Balaban J connectivity index is 1.78. The summed E-state index contributed by atoms with van der Waals surface area (Å²) in [5.74, 6) is 0.427. The van der Waals surface area contributed by atoms with Crippen molar-refractivity contribution in [3.63, 3.8) is 0 Å². The first-order chi connectivity index (χ1) is 10.6. The molecule has 0 radical (unpaired) electrons. The number of anilines is 1. The van der Waals surface area contributed by atoms with E-state index in [4.69, 9.17) is 9.47 Å². The van der Waals surface area contributed by atoms with Crippen LogP contribution in [-0.4, -0.2) is 41.6 Å². The molecule has 1 saturated heterocycles. The molecule has 0 unspecified atom stereocenters. The molecule has 1 fully saturated rings. The van der Waals surface area contributed by atoms with Gasteiger partial charge in [-0.3, -0.25) is 9.48 Å². The van der Waals surface area contributed by atoms with Crippen LogP contribution >= 0.6 is 0 Å². The average molecular weight is 301 g/mol. The average Bonchev–Trinajstić information content (AvgIpc) is 2.89. The summed E-state index contributed by atoms with van der Waals surface area (Å²) in [6.07, 6.45) is -0.564. The molecule has 1 aliphatic heterocycles. The fourth-order valence-corrected chi connectivity index (χ4v) is 2.42. The van der Waals surface area contributed by atoms with Crippen LogP contribution in [0.2, 0.25) is 0 Å². The minimum absolute atomic E-state index is 0.209. The van der Waals surface area contributed by atoms with E-state index < -0.39 is 6.10 Å². The van der Waals surface area contributed by atoms with Gasteiger partial charge in [-0.2, -0.15) is 5.10 Å². The topological polar surface area (TPSA) is 65.4 Å². The molecule has 22 heavy (non-hydrogen) atoms. The predicted octanol–water partition coefficient (Wildman–Crippen LogP) is 1.75. The van der Waals surface area contributed by atoms with Gasteiger partial charge in [-0.25, -0.2) is 0 Å². The van der Waals surface area contributed by atoms with Crippen molar-refractivity contribution in [2.75, 3.05) is 25.1 Å². The van der Waals surface area contributed by atoms with Crippen LogP contribution < -0.4 is 5.32 Å². The number of rotatable bonds is 3. The summed E-state index contributed by atoms with van der Waals surface area (Å²) in [5, 5.41) is 7.32. The number of amides is 1. The van der Waals surface area contributed by atoms with Crippen LogP contribution in [0.4, 0.5) is 5.82 Å². The first-order valence-corrected chi connectivity index (χ1v) is 7.25. The molecule has 0 spiro atoms. The molecule has 1 amide bonds. The van der Waals surface area contributed by atoms with Gasteiger partial charge in [0.25, 0.3) is 5.91 Å². The van der Waals surface area contributed by atoms with Crippen molar-refractivity contribution in [2.45, 2.75) is 13.0 Å². The number of nitrogens with one attached hydrogen (secondary N) is 1. The lowest BCUT2D eigenvalue weighted by Crippen LogP contribution is -2.39. The van der Waals surface area contributed by atoms with Gasteiger partial charge in [-0.05, 0) is 12.5 Å². The highest BCUT2D eigenvalue weighted by Crippen LogP contribution is 2.24. The number of aromatic nitrogens is 2. The quantitative estimate of drug-likeness (QED) is 0.938. The Morgan fingerprint density at radius 1 is 1.36 bits per heavy atom. The van der Waals surface area contributed by atoms with Gasteiger partial charge in [0.1, 0.15) is 5.82 Å². The minimum atomic E-state index is -0.564. The largest absolute Gasteiger partial charge is 0.376 e. The van der Waals surface area contributed by atoms with Gasteiger partial charge in [-0.15, -0.1) is 0 Å². The maximum Gasteiger partial charge on any atom is 0.257 e.